The summed E-state index contributed by atoms with van der Waals surface area (Å²) >= 11 is 0. The lowest BCUT2D eigenvalue weighted by Crippen LogP contribution is -2.36. The Hall–Kier alpha value is -2.75. The molecule has 1 aromatic carbocycles. The van der Waals surface area contributed by atoms with Crippen LogP contribution < -0.4 is 0 Å². The molecule has 0 radical (unpaired) electrons. The van der Waals surface area contributed by atoms with Gasteiger partial charge in [0, 0.05) is 12.6 Å². The van der Waals surface area contributed by atoms with Crippen LogP contribution in [0.1, 0.15) is 35.4 Å². The van der Waals surface area contributed by atoms with Crippen molar-refractivity contribution in [1.29, 1.82) is 0 Å². The van der Waals surface area contributed by atoms with Crippen molar-refractivity contribution in [3.63, 3.8) is 0 Å². The molecule has 1 atom stereocenters. The molecule has 1 aliphatic heterocycles. The molecule has 1 saturated heterocycles. The number of rotatable bonds is 5. The number of aliphatic hydroxyl groups excluding tert-OH is 1. The molecule has 150 valence electrons. The maximum absolute atomic E-state index is 13.1. The zero-order valence-electron chi connectivity index (χ0n) is 15.2. The smallest absolute Gasteiger partial charge is 0.394 e. The number of likely N-dealkylation sites (tertiary alicyclic amines) is 1. The average Bonchev–Trinajstić information content (AvgIpc) is 3.28. The van der Waals surface area contributed by atoms with Gasteiger partial charge < -0.3 is 10.0 Å². The Labute approximate surface area is 159 Å². The molecule has 7 nitrogen and oxygen atoms in total. The first-order chi connectivity index (χ1) is 13.3. The summed E-state index contributed by atoms with van der Waals surface area (Å²) < 4.78 is 39.3. The van der Waals surface area contributed by atoms with Crippen molar-refractivity contribution >= 4 is 12.0 Å². The van der Waals surface area contributed by atoms with E-state index in [1.165, 1.54) is 23.0 Å². The maximum Gasteiger partial charge on any atom is 0.416 e. The van der Waals surface area contributed by atoms with Gasteiger partial charge in [0.15, 0.2) is 5.82 Å². The van der Waals surface area contributed by atoms with E-state index in [0.29, 0.717) is 23.5 Å². The van der Waals surface area contributed by atoms with Gasteiger partial charge in [0.25, 0.3) is 0 Å². The van der Waals surface area contributed by atoms with Crippen LogP contribution in [0.2, 0.25) is 0 Å². The largest absolute Gasteiger partial charge is 0.416 e. The highest BCUT2D eigenvalue weighted by atomic mass is 19.4. The molecule has 1 fully saturated rings. The van der Waals surface area contributed by atoms with Gasteiger partial charge in [-0.15, -0.1) is 10.2 Å². The van der Waals surface area contributed by atoms with Crippen LogP contribution in [0.5, 0.6) is 0 Å². The molecule has 0 aliphatic carbocycles. The summed E-state index contributed by atoms with van der Waals surface area (Å²) in [7, 11) is 0. The fraction of sp³-hybridized carbons (Fsp3) is 0.444. The highest BCUT2D eigenvalue weighted by molar-refractivity contribution is 5.92. The van der Waals surface area contributed by atoms with Crippen LogP contribution in [0, 0.1) is 6.92 Å². The molecular weight excluding hydrogens is 375 g/mol. The lowest BCUT2D eigenvalue weighted by Gasteiger charge is -2.21. The van der Waals surface area contributed by atoms with Gasteiger partial charge in [-0.3, -0.25) is 4.79 Å². The van der Waals surface area contributed by atoms with Crippen LogP contribution in [-0.2, 0) is 17.5 Å². The average molecular weight is 395 g/mol. The fourth-order valence-corrected chi connectivity index (χ4v) is 3.20. The number of tetrazole rings is 1. The number of nitrogens with zero attached hydrogens (tertiary/aromatic N) is 5. The van der Waals surface area contributed by atoms with E-state index >= 15 is 0 Å². The molecule has 2 heterocycles. The molecule has 0 spiro atoms. The molecule has 1 amide bonds. The molecule has 10 heteroatoms. The number of halogens is 3. The van der Waals surface area contributed by atoms with Crippen molar-refractivity contribution in [1.82, 2.24) is 25.1 Å². The molecule has 2 aromatic rings. The molecule has 0 saturated carbocycles. The normalized spacial score (nSPS) is 17.6. The van der Waals surface area contributed by atoms with E-state index in [1.807, 2.05) is 0 Å². The SMILES string of the molecule is Cc1nnn(Cc2cc(C(F)(F)F)ccc2/C=C/C(=O)N2CCCC2CO)n1. The van der Waals surface area contributed by atoms with Crippen molar-refractivity contribution in [3.05, 3.63) is 46.8 Å². The molecule has 0 bridgehead atoms. The maximum atomic E-state index is 13.1. The third-order valence-corrected chi connectivity index (χ3v) is 4.61. The van der Waals surface area contributed by atoms with Crippen molar-refractivity contribution in [2.45, 2.75) is 38.5 Å². The molecular formula is C18H20F3N5O2. The first kappa shape index (κ1) is 20.0. The van der Waals surface area contributed by atoms with Crippen molar-refractivity contribution in [3.8, 4) is 0 Å². The van der Waals surface area contributed by atoms with E-state index in [0.717, 1.165) is 25.0 Å². The van der Waals surface area contributed by atoms with Crippen molar-refractivity contribution in [2.75, 3.05) is 13.2 Å². The monoisotopic (exact) mass is 395 g/mol. The van der Waals surface area contributed by atoms with Gasteiger partial charge in [0.05, 0.1) is 24.8 Å². The standard InChI is InChI=1S/C18H20F3N5O2/c1-12-22-24-26(23-12)10-14-9-15(18(19,20)21)6-4-13(14)5-7-17(28)25-8-2-3-16(25)11-27/h4-7,9,16,27H,2-3,8,10-11H2,1H3/b7-5+. The third kappa shape index (κ3) is 4.56. The van der Waals surface area contributed by atoms with Gasteiger partial charge in [-0.2, -0.15) is 18.0 Å². The van der Waals surface area contributed by atoms with Crippen LogP contribution in [0.3, 0.4) is 0 Å². The predicted molar refractivity (Wildman–Crippen MR) is 94.0 cm³/mol. The lowest BCUT2D eigenvalue weighted by atomic mass is 10.0. The summed E-state index contributed by atoms with van der Waals surface area (Å²) in [4.78, 5) is 15.2. The van der Waals surface area contributed by atoms with Crippen LogP contribution >= 0.6 is 0 Å². The second-order valence-corrected chi connectivity index (χ2v) is 6.62. The molecule has 3 rings (SSSR count). The number of benzene rings is 1. The second kappa shape index (κ2) is 8.09. The summed E-state index contributed by atoms with van der Waals surface area (Å²) in [6.45, 7) is 2.06. The predicted octanol–water partition coefficient (Wildman–Crippen LogP) is 2.05. The number of aromatic nitrogens is 4. The second-order valence-electron chi connectivity index (χ2n) is 6.62. The van der Waals surface area contributed by atoms with E-state index in [4.69, 9.17) is 0 Å². The Morgan fingerprint density at radius 3 is 2.82 bits per heavy atom. The van der Waals surface area contributed by atoms with E-state index in [-0.39, 0.29) is 25.1 Å². The van der Waals surface area contributed by atoms with E-state index in [9.17, 15) is 23.1 Å². The van der Waals surface area contributed by atoms with Crippen LogP contribution in [0.4, 0.5) is 13.2 Å². The number of amides is 1. The van der Waals surface area contributed by atoms with Crippen molar-refractivity contribution in [2.24, 2.45) is 0 Å². The number of carbonyl (C=O) groups excluding carboxylic acids is 1. The van der Waals surface area contributed by atoms with Crippen molar-refractivity contribution < 1.29 is 23.1 Å². The summed E-state index contributed by atoms with van der Waals surface area (Å²) in [5.74, 6) is 0.125. The first-order valence-corrected chi connectivity index (χ1v) is 8.82. The molecule has 1 N–H and O–H groups in total. The van der Waals surface area contributed by atoms with Gasteiger partial charge in [-0.1, -0.05) is 6.07 Å². The zero-order valence-corrected chi connectivity index (χ0v) is 15.2. The third-order valence-electron chi connectivity index (χ3n) is 4.61. The Morgan fingerprint density at radius 1 is 1.39 bits per heavy atom. The molecule has 28 heavy (non-hydrogen) atoms. The fourth-order valence-electron chi connectivity index (χ4n) is 3.20. The number of alkyl halides is 3. The quantitative estimate of drug-likeness (QED) is 0.784. The number of hydrogen-bond acceptors (Lipinski definition) is 5. The van der Waals surface area contributed by atoms with Gasteiger partial charge in [-0.05, 0) is 54.3 Å². The van der Waals surface area contributed by atoms with Gasteiger partial charge in [-0.25, -0.2) is 0 Å². The topological polar surface area (TPSA) is 84.1 Å². The van der Waals surface area contributed by atoms with Crippen LogP contribution in [0.15, 0.2) is 24.3 Å². The van der Waals surface area contributed by atoms with E-state index < -0.39 is 11.7 Å². The minimum atomic E-state index is -4.48. The Balaban J connectivity index is 1.87. The van der Waals surface area contributed by atoms with Crippen LogP contribution in [-0.4, -0.2) is 55.3 Å². The summed E-state index contributed by atoms with van der Waals surface area (Å²) in [6.07, 6.45) is -0.135. The Bertz CT molecular complexity index is 878. The van der Waals surface area contributed by atoms with Gasteiger partial charge in [0.2, 0.25) is 5.91 Å². The number of aryl methyl sites for hydroxylation is 1. The lowest BCUT2D eigenvalue weighted by molar-refractivity contribution is -0.137. The van der Waals surface area contributed by atoms with E-state index in [1.54, 1.807) is 11.8 Å². The highest BCUT2D eigenvalue weighted by Crippen LogP contribution is 2.31. The molecule has 1 unspecified atom stereocenters. The highest BCUT2D eigenvalue weighted by Gasteiger charge is 2.31. The number of carbonyl (C=O) groups is 1. The summed E-state index contributed by atoms with van der Waals surface area (Å²) in [5, 5.41) is 20.9. The van der Waals surface area contributed by atoms with Crippen LogP contribution in [0.25, 0.3) is 6.08 Å². The first-order valence-electron chi connectivity index (χ1n) is 8.82. The summed E-state index contributed by atoms with van der Waals surface area (Å²) in [5.41, 5.74) is -0.0184. The minimum absolute atomic E-state index is 0.0123. The summed E-state index contributed by atoms with van der Waals surface area (Å²) in [6, 6.07) is 3.10. The van der Waals surface area contributed by atoms with E-state index in [2.05, 4.69) is 15.4 Å². The minimum Gasteiger partial charge on any atom is -0.394 e. The Kier molecular flexibility index (Phi) is 5.78. The molecule has 1 aliphatic rings. The Morgan fingerprint density at radius 2 is 2.18 bits per heavy atom. The van der Waals surface area contributed by atoms with Gasteiger partial charge in [0.1, 0.15) is 0 Å². The zero-order chi connectivity index (χ0) is 20.3. The number of hydrogen-bond donors (Lipinski definition) is 1. The number of aliphatic hydroxyl groups is 1. The van der Waals surface area contributed by atoms with Gasteiger partial charge >= 0.3 is 6.18 Å². The molecule has 1 aromatic heterocycles.